The number of nitrogens with one attached hydrogen (secondary N) is 3. The fourth-order valence-corrected chi connectivity index (χ4v) is 8.21. The average molecular weight is 746 g/mol. The predicted octanol–water partition coefficient (Wildman–Crippen LogP) is 5.35. The number of aliphatic hydroxyl groups excluding tert-OH is 1. The number of carbonyl (C=O) groups is 3. The van der Waals surface area contributed by atoms with Crippen LogP contribution in [-0.4, -0.2) is 91.0 Å². The molecule has 0 radical (unpaired) electrons. The molecule has 0 aromatic heterocycles. The van der Waals surface area contributed by atoms with Crippen LogP contribution in [0.25, 0.3) is 0 Å². The maximum absolute atomic E-state index is 16.3. The van der Waals surface area contributed by atoms with Crippen molar-refractivity contribution in [3.8, 4) is 0 Å². The lowest BCUT2D eigenvalue weighted by atomic mass is 9.95. The number of aliphatic hydroxyl groups is 1. The zero-order valence-corrected chi connectivity index (χ0v) is 32.1. The molecule has 1 saturated heterocycles. The molecule has 2 aromatic rings. The second kappa shape index (κ2) is 17.7. The fourth-order valence-electron chi connectivity index (χ4n) is 6.58. The second-order valence-electron chi connectivity index (χ2n) is 15.2. The van der Waals surface area contributed by atoms with E-state index in [-0.39, 0.29) is 48.9 Å². The number of halogens is 1. The lowest BCUT2D eigenvalue weighted by molar-refractivity contribution is -0.127. The maximum atomic E-state index is 16.3. The Morgan fingerprint density at radius 1 is 1.02 bits per heavy atom. The molecule has 12 nitrogen and oxygen atoms in total. The Labute approximate surface area is 307 Å². The van der Waals surface area contributed by atoms with Gasteiger partial charge in [0.2, 0.25) is 15.9 Å². The van der Waals surface area contributed by atoms with Crippen molar-refractivity contribution in [3.05, 3.63) is 59.4 Å². The molecule has 2 fully saturated rings. The Morgan fingerprint density at radius 3 is 2.31 bits per heavy atom. The second-order valence-corrected chi connectivity index (χ2v) is 17.3. The summed E-state index contributed by atoms with van der Waals surface area (Å²) in [4.78, 5) is 42.3. The SMILES string of the molecule is CC(C)Nc1cc(C(=O)N[C@@H](Cc2ccccc2)[C@H](O)CN(C(=O)OC(C)(C)C)[C@@H](C)C(=O)NC2CCCCC2)c(F)c(N2CCCCS2(=O)=O)c1. The Bertz CT molecular complexity index is 1640. The highest BCUT2D eigenvalue weighted by atomic mass is 32.2. The number of amides is 3. The molecule has 2 aliphatic rings. The van der Waals surface area contributed by atoms with Gasteiger partial charge in [0.25, 0.3) is 5.91 Å². The highest BCUT2D eigenvalue weighted by molar-refractivity contribution is 7.92. The number of anilines is 2. The first-order valence-corrected chi connectivity index (χ1v) is 20.0. The van der Waals surface area contributed by atoms with Gasteiger partial charge in [-0.25, -0.2) is 17.6 Å². The van der Waals surface area contributed by atoms with Gasteiger partial charge in [-0.05, 0) is 91.3 Å². The zero-order valence-electron chi connectivity index (χ0n) is 31.3. The first-order chi connectivity index (χ1) is 24.4. The standard InChI is InChI=1S/C38H56FN5O7S/c1-25(2)40-29-22-30(34(39)32(23-29)44-19-13-14-20-52(44,49)50)36(47)42-31(21-27-15-9-7-10-16-27)33(45)24-43(37(48)51-38(4,5)6)26(3)35(46)41-28-17-11-8-12-18-28/h7,9-10,15-16,22-23,25-26,28,31,33,40,45H,8,11-14,17-21,24H2,1-6H3,(H,41,46)(H,42,47)/t26-,31-,33+/m0/s1. The van der Waals surface area contributed by atoms with Crippen LogP contribution >= 0.6 is 0 Å². The van der Waals surface area contributed by atoms with Gasteiger partial charge in [0.15, 0.2) is 5.82 Å². The maximum Gasteiger partial charge on any atom is 0.411 e. The Morgan fingerprint density at radius 2 is 1.69 bits per heavy atom. The summed E-state index contributed by atoms with van der Waals surface area (Å²) in [6.07, 6.45) is 3.63. The van der Waals surface area contributed by atoms with Gasteiger partial charge in [0, 0.05) is 24.3 Å². The Hall–Kier alpha value is -3.91. The number of ether oxygens (including phenoxy) is 1. The number of nitrogens with zero attached hydrogens (tertiary/aromatic N) is 2. The molecule has 0 bridgehead atoms. The monoisotopic (exact) mass is 745 g/mol. The summed E-state index contributed by atoms with van der Waals surface area (Å²) in [6, 6.07) is 9.54. The summed E-state index contributed by atoms with van der Waals surface area (Å²) in [5, 5.41) is 20.8. The van der Waals surface area contributed by atoms with Crippen LogP contribution in [0.4, 0.5) is 20.6 Å². The quantitative estimate of drug-likeness (QED) is 0.214. The van der Waals surface area contributed by atoms with Crippen LogP contribution in [0.2, 0.25) is 0 Å². The molecule has 0 unspecified atom stereocenters. The minimum absolute atomic E-state index is 0.0140. The molecule has 2 aromatic carbocycles. The van der Waals surface area contributed by atoms with E-state index in [4.69, 9.17) is 4.74 Å². The van der Waals surface area contributed by atoms with E-state index >= 15 is 4.39 Å². The molecule has 1 saturated carbocycles. The van der Waals surface area contributed by atoms with E-state index in [2.05, 4.69) is 16.0 Å². The van der Waals surface area contributed by atoms with Gasteiger partial charge in [0.05, 0.1) is 35.7 Å². The summed E-state index contributed by atoms with van der Waals surface area (Å²) in [5.74, 6) is -2.40. The third-order valence-electron chi connectivity index (χ3n) is 9.26. The minimum atomic E-state index is -3.81. The predicted molar refractivity (Wildman–Crippen MR) is 200 cm³/mol. The summed E-state index contributed by atoms with van der Waals surface area (Å²) in [6.45, 7) is 10.1. The Kier molecular flexibility index (Phi) is 13.9. The van der Waals surface area contributed by atoms with E-state index < -0.39 is 57.2 Å². The third-order valence-corrected chi connectivity index (χ3v) is 11.1. The first-order valence-electron chi connectivity index (χ1n) is 18.4. The summed E-state index contributed by atoms with van der Waals surface area (Å²) < 4.78 is 49.0. The van der Waals surface area contributed by atoms with Crippen molar-refractivity contribution in [2.45, 2.75) is 129 Å². The average Bonchev–Trinajstić information content (AvgIpc) is 3.07. The molecular weight excluding hydrogens is 690 g/mol. The van der Waals surface area contributed by atoms with Crippen LogP contribution in [0, 0.1) is 5.82 Å². The summed E-state index contributed by atoms with van der Waals surface area (Å²) >= 11 is 0. The molecular formula is C38H56FN5O7S. The number of benzene rings is 2. The van der Waals surface area contributed by atoms with Crippen molar-refractivity contribution < 1.29 is 37.0 Å². The van der Waals surface area contributed by atoms with Crippen molar-refractivity contribution in [1.82, 2.24) is 15.5 Å². The van der Waals surface area contributed by atoms with Gasteiger partial charge < -0.3 is 25.8 Å². The molecule has 0 spiro atoms. The van der Waals surface area contributed by atoms with Crippen LogP contribution in [0.15, 0.2) is 42.5 Å². The van der Waals surface area contributed by atoms with E-state index in [1.54, 1.807) is 39.8 Å². The van der Waals surface area contributed by atoms with Crippen LogP contribution in [0.1, 0.15) is 102 Å². The lowest BCUT2D eigenvalue weighted by Gasteiger charge is -2.35. The van der Waals surface area contributed by atoms with Gasteiger partial charge in [0.1, 0.15) is 11.6 Å². The van der Waals surface area contributed by atoms with Crippen molar-refractivity contribution in [3.63, 3.8) is 0 Å². The fraction of sp³-hybridized carbons (Fsp3) is 0.605. The summed E-state index contributed by atoms with van der Waals surface area (Å²) in [7, 11) is -3.81. The van der Waals surface area contributed by atoms with Gasteiger partial charge >= 0.3 is 6.09 Å². The van der Waals surface area contributed by atoms with Crippen molar-refractivity contribution in [2.24, 2.45) is 0 Å². The van der Waals surface area contributed by atoms with Gasteiger partial charge in [-0.3, -0.25) is 18.8 Å². The molecule has 3 atom stereocenters. The molecule has 1 heterocycles. The molecule has 4 N–H and O–H groups in total. The third kappa shape index (κ3) is 11.3. The molecule has 52 heavy (non-hydrogen) atoms. The minimum Gasteiger partial charge on any atom is -0.444 e. The van der Waals surface area contributed by atoms with Crippen LogP contribution < -0.4 is 20.3 Å². The summed E-state index contributed by atoms with van der Waals surface area (Å²) in [5.41, 5.74) is -0.440. The van der Waals surface area contributed by atoms with E-state index in [0.717, 1.165) is 46.9 Å². The van der Waals surface area contributed by atoms with Crippen molar-refractivity contribution in [1.29, 1.82) is 0 Å². The van der Waals surface area contributed by atoms with Gasteiger partial charge in [-0.15, -0.1) is 0 Å². The normalized spacial score (nSPS) is 18.2. The molecule has 14 heteroatoms. The van der Waals surface area contributed by atoms with Crippen molar-refractivity contribution in [2.75, 3.05) is 28.5 Å². The molecule has 4 rings (SSSR count). The van der Waals surface area contributed by atoms with Crippen LogP contribution in [-0.2, 0) is 26.0 Å². The molecule has 288 valence electrons. The Balaban J connectivity index is 1.67. The topological polar surface area (TPSA) is 157 Å². The highest BCUT2D eigenvalue weighted by Gasteiger charge is 2.36. The van der Waals surface area contributed by atoms with Gasteiger partial charge in [-0.1, -0.05) is 49.6 Å². The van der Waals surface area contributed by atoms with E-state index in [1.165, 1.54) is 12.1 Å². The number of rotatable bonds is 13. The lowest BCUT2D eigenvalue weighted by Crippen LogP contribution is -2.56. The molecule has 3 amide bonds. The van der Waals surface area contributed by atoms with E-state index in [0.29, 0.717) is 18.5 Å². The number of hydrogen-bond acceptors (Lipinski definition) is 8. The number of hydrogen-bond donors (Lipinski definition) is 4. The first kappa shape index (κ1) is 40.9. The van der Waals surface area contributed by atoms with Crippen LogP contribution in [0.3, 0.4) is 0 Å². The molecule has 1 aliphatic heterocycles. The number of carbonyl (C=O) groups excluding carboxylic acids is 3. The van der Waals surface area contributed by atoms with Crippen LogP contribution in [0.5, 0.6) is 0 Å². The van der Waals surface area contributed by atoms with Crippen molar-refractivity contribution >= 4 is 39.3 Å². The highest BCUT2D eigenvalue weighted by Crippen LogP contribution is 2.32. The molecule has 1 aliphatic carbocycles. The van der Waals surface area contributed by atoms with E-state index in [9.17, 15) is 27.9 Å². The number of sulfonamides is 1. The zero-order chi connectivity index (χ0) is 38.2. The largest absolute Gasteiger partial charge is 0.444 e. The van der Waals surface area contributed by atoms with E-state index in [1.807, 2.05) is 32.0 Å². The van der Waals surface area contributed by atoms with Gasteiger partial charge in [-0.2, -0.15) is 0 Å². The smallest absolute Gasteiger partial charge is 0.411 e.